The smallest absolute Gasteiger partial charge is 0.249 e. The van der Waals surface area contributed by atoms with Crippen LogP contribution in [0.25, 0.3) is 0 Å². The van der Waals surface area contributed by atoms with Gasteiger partial charge >= 0.3 is 0 Å². The molecule has 3 rings (SSSR count). The maximum atomic E-state index is 12.4. The highest BCUT2D eigenvalue weighted by molar-refractivity contribution is 7.91. The SMILES string of the molecule is NS(=O)(=O)c1cnc(NC2CCN(C(=O)C3CCCC3)C2)s1. The van der Waals surface area contributed by atoms with E-state index in [4.69, 9.17) is 5.14 Å². The van der Waals surface area contributed by atoms with Crippen LogP contribution in [0.15, 0.2) is 10.4 Å². The van der Waals surface area contributed by atoms with Crippen molar-refractivity contribution in [1.82, 2.24) is 9.88 Å². The van der Waals surface area contributed by atoms with E-state index < -0.39 is 10.0 Å². The summed E-state index contributed by atoms with van der Waals surface area (Å²) < 4.78 is 22.5. The van der Waals surface area contributed by atoms with Crippen molar-refractivity contribution in [3.05, 3.63) is 6.20 Å². The van der Waals surface area contributed by atoms with E-state index in [0.717, 1.165) is 50.0 Å². The Labute approximate surface area is 134 Å². The number of carbonyl (C=O) groups is 1. The molecule has 1 unspecified atom stereocenters. The van der Waals surface area contributed by atoms with Crippen molar-refractivity contribution in [1.29, 1.82) is 0 Å². The van der Waals surface area contributed by atoms with Crippen LogP contribution in [0.2, 0.25) is 0 Å². The second kappa shape index (κ2) is 6.13. The van der Waals surface area contributed by atoms with Gasteiger partial charge in [-0.1, -0.05) is 24.2 Å². The van der Waals surface area contributed by atoms with E-state index in [1.54, 1.807) is 0 Å². The average Bonchev–Trinajstić information content (AvgIpc) is 3.19. The number of primary sulfonamides is 1. The highest BCUT2D eigenvalue weighted by Gasteiger charge is 2.32. The standard InChI is InChI=1S/C13H20N4O3S2/c14-22(19,20)11-7-15-13(21-11)16-10-5-6-17(8-10)12(18)9-3-1-2-4-9/h7,9-10H,1-6,8H2,(H,15,16)(H2,14,19,20). The average molecular weight is 344 g/mol. The molecule has 2 fully saturated rings. The van der Waals surface area contributed by atoms with Gasteiger partial charge in [-0.25, -0.2) is 18.5 Å². The molecular formula is C13H20N4O3S2. The lowest BCUT2D eigenvalue weighted by Gasteiger charge is -2.20. The summed E-state index contributed by atoms with van der Waals surface area (Å²) in [5.41, 5.74) is 0. The third-order valence-electron chi connectivity index (χ3n) is 4.30. The molecule has 1 saturated heterocycles. The van der Waals surface area contributed by atoms with E-state index in [1.165, 1.54) is 6.20 Å². The lowest BCUT2D eigenvalue weighted by molar-refractivity contribution is -0.134. The van der Waals surface area contributed by atoms with Crippen LogP contribution in [0.5, 0.6) is 0 Å². The zero-order valence-electron chi connectivity index (χ0n) is 12.2. The Hall–Kier alpha value is -1.19. The predicted octanol–water partition coefficient (Wildman–Crippen LogP) is 0.993. The van der Waals surface area contributed by atoms with E-state index >= 15 is 0 Å². The summed E-state index contributed by atoms with van der Waals surface area (Å²) in [4.78, 5) is 18.3. The molecular weight excluding hydrogens is 324 g/mol. The van der Waals surface area contributed by atoms with Crippen molar-refractivity contribution in [3.63, 3.8) is 0 Å². The number of likely N-dealkylation sites (tertiary alicyclic amines) is 1. The van der Waals surface area contributed by atoms with Gasteiger partial charge in [0.05, 0.1) is 6.20 Å². The molecule has 0 bridgehead atoms. The maximum Gasteiger partial charge on any atom is 0.249 e. The Balaban J connectivity index is 1.56. The van der Waals surface area contributed by atoms with Gasteiger partial charge in [0.2, 0.25) is 15.9 Å². The van der Waals surface area contributed by atoms with Crippen molar-refractivity contribution in [2.75, 3.05) is 18.4 Å². The fourth-order valence-corrected chi connectivity index (χ4v) is 4.67. The van der Waals surface area contributed by atoms with E-state index in [9.17, 15) is 13.2 Å². The van der Waals surface area contributed by atoms with Crippen LogP contribution < -0.4 is 10.5 Å². The van der Waals surface area contributed by atoms with Gasteiger partial charge in [-0.05, 0) is 19.3 Å². The molecule has 0 aromatic carbocycles. The highest BCUT2D eigenvalue weighted by Crippen LogP contribution is 2.29. The molecule has 1 aromatic heterocycles. The molecule has 7 nitrogen and oxygen atoms in total. The fraction of sp³-hybridized carbons (Fsp3) is 0.692. The molecule has 2 aliphatic rings. The summed E-state index contributed by atoms with van der Waals surface area (Å²) in [5.74, 6) is 0.471. The topological polar surface area (TPSA) is 105 Å². The molecule has 122 valence electrons. The summed E-state index contributed by atoms with van der Waals surface area (Å²) in [6, 6.07) is 0.116. The van der Waals surface area contributed by atoms with Gasteiger partial charge in [0.25, 0.3) is 0 Å². The summed E-state index contributed by atoms with van der Waals surface area (Å²) in [5, 5.41) is 8.81. The molecule has 0 spiro atoms. The third kappa shape index (κ3) is 3.41. The van der Waals surface area contributed by atoms with E-state index in [1.807, 2.05) is 4.90 Å². The van der Waals surface area contributed by atoms with Crippen LogP contribution in [0.4, 0.5) is 5.13 Å². The molecule has 2 heterocycles. The quantitative estimate of drug-likeness (QED) is 0.847. The monoisotopic (exact) mass is 344 g/mol. The normalized spacial score (nSPS) is 23.1. The number of hydrogen-bond acceptors (Lipinski definition) is 6. The summed E-state index contributed by atoms with van der Waals surface area (Å²) in [6.45, 7) is 1.40. The van der Waals surface area contributed by atoms with Crippen molar-refractivity contribution < 1.29 is 13.2 Å². The summed E-state index contributed by atoms with van der Waals surface area (Å²) in [6.07, 6.45) is 6.44. The molecule has 0 radical (unpaired) electrons. The van der Waals surface area contributed by atoms with Crippen molar-refractivity contribution >= 4 is 32.4 Å². The summed E-state index contributed by atoms with van der Waals surface area (Å²) in [7, 11) is -3.70. The number of hydrogen-bond donors (Lipinski definition) is 2. The van der Waals surface area contributed by atoms with Crippen molar-refractivity contribution in [2.24, 2.45) is 11.1 Å². The number of sulfonamides is 1. The highest BCUT2D eigenvalue weighted by atomic mass is 32.2. The molecule has 3 N–H and O–H groups in total. The first kappa shape index (κ1) is 15.7. The lowest BCUT2D eigenvalue weighted by atomic mass is 10.1. The molecule has 1 amide bonds. The Morgan fingerprint density at radius 3 is 2.73 bits per heavy atom. The van der Waals surface area contributed by atoms with Crippen molar-refractivity contribution in [2.45, 2.75) is 42.4 Å². The number of carbonyl (C=O) groups excluding carboxylic acids is 1. The molecule has 1 aliphatic heterocycles. The van der Waals surface area contributed by atoms with Gasteiger partial charge in [-0.2, -0.15) is 0 Å². The first-order valence-corrected chi connectivity index (χ1v) is 9.84. The maximum absolute atomic E-state index is 12.4. The minimum absolute atomic E-state index is 0.0480. The van der Waals surface area contributed by atoms with Crippen LogP contribution in [0, 0.1) is 5.92 Å². The number of thiazole rings is 1. The number of nitrogens with two attached hydrogens (primary N) is 1. The minimum atomic E-state index is -3.70. The van der Waals surface area contributed by atoms with Gasteiger partial charge in [-0.15, -0.1) is 0 Å². The Bertz CT molecular complexity index is 652. The van der Waals surface area contributed by atoms with Crippen LogP contribution in [0.1, 0.15) is 32.1 Å². The van der Waals surface area contributed by atoms with E-state index in [2.05, 4.69) is 10.3 Å². The predicted molar refractivity (Wildman–Crippen MR) is 84.1 cm³/mol. The second-order valence-corrected chi connectivity index (χ2v) is 8.74. The zero-order chi connectivity index (χ0) is 15.7. The van der Waals surface area contributed by atoms with Crippen LogP contribution >= 0.6 is 11.3 Å². The number of amides is 1. The van der Waals surface area contributed by atoms with Gasteiger partial charge in [-0.3, -0.25) is 4.79 Å². The van der Waals surface area contributed by atoms with Gasteiger partial charge < -0.3 is 10.2 Å². The van der Waals surface area contributed by atoms with Gasteiger partial charge in [0.1, 0.15) is 0 Å². The van der Waals surface area contributed by atoms with E-state index in [0.29, 0.717) is 11.7 Å². The second-order valence-electron chi connectivity index (χ2n) is 5.93. The third-order valence-corrected chi connectivity index (χ3v) is 6.63. The van der Waals surface area contributed by atoms with Crippen LogP contribution in [-0.4, -0.2) is 43.3 Å². The molecule has 9 heteroatoms. The molecule has 1 saturated carbocycles. The van der Waals surface area contributed by atoms with E-state index in [-0.39, 0.29) is 22.1 Å². The number of nitrogens with one attached hydrogen (secondary N) is 1. The minimum Gasteiger partial charge on any atom is -0.357 e. The first-order valence-electron chi connectivity index (χ1n) is 7.47. The number of nitrogens with zero attached hydrogens (tertiary/aromatic N) is 2. The molecule has 1 atom stereocenters. The number of anilines is 1. The van der Waals surface area contributed by atoms with Crippen molar-refractivity contribution in [3.8, 4) is 0 Å². The Kier molecular flexibility index (Phi) is 4.37. The number of aromatic nitrogens is 1. The first-order chi connectivity index (χ1) is 10.4. The molecule has 1 aromatic rings. The Morgan fingerprint density at radius 2 is 2.09 bits per heavy atom. The Morgan fingerprint density at radius 1 is 1.36 bits per heavy atom. The molecule has 1 aliphatic carbocycles. The number of rotatable bonds is 4. The van der Waals surface area contributed by atoms with Crippen LogP contribution in [-0.2, 0) is 14.8 Å². The van der Waals surface area contributed by atoms with Gasteiger partial charge in [0, 0.05) is 25.0 Å². The zero-order valence-corrected chi connectivity index (χ0v) is 13.8. The largest absolute Gasteiger partial charge is 0.357 e. The van der Waals surface area contributed by atoms with Crippen LogP contribution in [0.3, 0.4) is 0 Å². The molecule has 22 heavy (non-hydrogen) atoms. The lowest BCUT2D eigenvalue weighted by Crippen LogP contribution is -2.35. The van der Waals surface area contributed by atoms with Gasteiger partial charge in [0.15, 0.2) is 9.34 Å². The fourth-order valence-electron chi connectivity index (χ4n) is 3.14. The summed E-state index contributed by atoms with van der Waals surface area (Å²) >= 11 is 1.02.